The first kappa shape index (κ1) is 73.8. The van der Waals surface area contributed by atoms with Crippen molar-refractivity contribution in [2.45, 2.75) is 0 Å². The van der Waals surface area contributed by atoms with Crippen molar-refractivity contribution in [3.63, 3.8) is 0 Å². The highest BCUT2D eigenvalue weighted by Crippen LogP contribution is 2.51. The van der Waals surface area contributed by atoms with Crippen LogP contribution in [0.25, 0.3) is 182 Å². The molecule has 5 aliphatic rings. The van der Waals surface area contributed by atoms with E-state index in [0.29, 0.717) is 102 Å². The molecule has 0 unspecified atom stereocenters. The minimum atomic E-state index is -0.868. The average molecular weight is 1620 g/mol. The molecule has 11 heterocycles. The zero-order valence-corrected chi connectivity index (χ0v) is 64.8. The summed E-state index contributed by atoms with van der Waals surface area (Å²) in [7, 11) is 0. The average Bonchev–Trinajstić information content (AvgIpc) is 1.58. The lowest BCUT2D eigenvalue weighted by atomic mass is 10.0. The van der Waals surface area contributed by atoms with E-state index in [-0.39, 0.29) is 34.1 Å². The highest BCUT2D eigenvalue weighted by Gasteiger charge is 2.33. The maximum Gasteiger partial charge on any atom is 0.318 e. The van der Waals surface area contributed by atoms with Gasteiger partial charge in [0.1, 0.15) is 35.1 Å². The van der Waals surface area contributed by atoms with Crippen LogP contribution in [-0.4, -0.2) is 59.6 Å². The number of nitrogens with one attached hydrogen (secondary N) is 4. The summed E-state index contributed by atoms with van der Waals surface area (Å²) in [4.78, 5) is 87.9. The molecule has 0 radical (unpaired) electrons. The van der Waals surface area contributed by atoms with E-state index in [1.165, 1.54) is 36.4 Å². The van der Waals surface area contributed by atoms with Crippen molar-refractivity contribution < 1.29 is 38.6 Å². The standard InChI is InChI=1S/C100H60N12O12/c113-109(114)85-53-87(111(117)118)91-55-89(85)121-65-47-63(99-81-43-39-77(105-81)95(59-23-11-3-12-24-59)73-35-31-69(101-73)93(57-19-7-1-8-20-57)70-32-36-74(102-70)96(60-25-13-4-14-26-60)78-40-44-82(99)106-78)48-66(51-65)122-90-56-92(88(112(119)120)54-86(90)110(115)116)124-68-50-64(49-67(52-68)123-91)100-83-45-41-79(107-83)97(61-27-15-5-16-28-61)75-37-33-71(103-75)94(58-21-9-2-10-22-58)72-34-38-76(104-72)98(62-29-17-6-18-30-62)80-42-46-84(100)108-80/h1-56,101,103,106,108H. The summed E-state index contributed by atoms with van der Waals surface area (Å²) in [6, 6.07) is 86.7. The molecule has 24 heteroatoms. The fraction of sp³-hybridized carbons (Fsp3) is 0. The van der Waals surface area contributed by atoms with E-state index in [9.17, 15) is 40.5 Å². The van der Waals surface area contributed by atoms with E-state index < -0.39 is 65.4 Å². The number of ether oxygens (including phenoxy) is 4. The lowest BCUT2D eigenvalue weighted by Crippen LogP contribution is -2.01. The topological polar surface area (TPSA) is 324 Å². The first-order valence-corrected chi connectivity index (χ1v) is 39.3. The molecule has 0 aliphatic carbocycles. The number of nitro groups is 4. The molecule has 21 rings (SSSR count). The van der Waals surface area contributed by atoms with Crippen LogP contribution >= 0.6 is 0 Å². The van der Waals surface area contributed by atoms with Gasteiger partial charge in [-0.25, -0.2) is 19.9 Å². The van der Waals surface area contributed by atoms with E-state index >= 15 is 0 Å². The Labute approximate surface area is 702 Å². The molecular weight excluding hydrogens is 1560 g/mol. The second-order valence-electron chi connectivity index (χ2n) is 29.6. The predicted octanol–water partition coefficient (Wildman–Crippen LogP) is 26.1. The number of rotatable bonds is 12. The van der Waals surface area contributed by atoms with Crippen molar-refractivity contribution in [3.05, 3.63) is 377 Å². The molecule has 124 heavy (non-hydrogen) atoms. The third-order valence-electron chi connectivity index (χ3n) is 22.0. The third-order valence-corrected chi connectivity index (χ3v) is 22.0. The molecule has 0 atom stereocenters. The van der Waals surface area contributed by atoms with Gasteiger partial charge < -0.3 is 38.9 Å². The van der Waals surface area contributed by atoms with Crippen LogP contribution in [0.1, 0.15) is 45.6 Å². The molecular formula is C100H60N12O12. The van der Waals surface area contributed by atoms with Crippen LogP contribution in [0.4, 0.5) is 22.7 Å². The second kappa shape index (κ2) is 30.3. The number of aromatic nitrogens is 8. The molecule has 24 bridgehead atoms. The van der Waals surface area contributed by atoms with Crippen LogP contribution in [0.2, 0.25) is 0 Å². The number of nitro benzene ring substituents is 4. The van der Waals surface area contributed by atoms with Crippen molar-refractivity contribution >= 4 is 115 Å². The van der Waals surface area contributed by atoms with Crippen molar-refractivity contribution in [1.82, 2.24) is 39.9 Å². The van der Waals surface area contributed by atoms with E-state index in [2.05, 4.69) is 19.9 Å². The maximum absolute atomic E-state index is 13.6. The maximum atomic E-state index is 13.6. The van der Waals surface area contributed by atoms with Crippen molar-refractivity contribution in [1.29, 1.82) is 0 Å². The Morgan fingerprint density at radius 3 is 0.540 bits per heavy atom. The van der Waals surface area contributed by atoms with E-state index in [1.54, 1.807) is 0 Å². The van der Waals surface area contributed by atoms with Gasteiger partial charge in [0.05, 0.1) is 65.2 Å². The lowest BCUT2D eigenvalue weighted by Gasteiger charge is -2.16. The number of hydrogen-bond acceptors (Lipinski definition) is 16. The van der Waals surface area contributed by atoms with Gasteiger partial charge in [0.2, 0.25) is 23.0 Å². The van der Waals surface area contributed by atoms with Gasteiger partial charge in [0.25, 0.3) is 0 Å². The van der Waals surface area contributed by atoms with Gasteiger partial charge >= 0.3 is 22.7 Å². The molecule has 6 aromatic heterocycles. The van der Waals surface area contributed by atoms with Gasteiger partial charge in [0, 0.05) is 113 Å². The molecule has 0 saturated carbocycles. The largest absolute Gasteiger partial charge is 0.450 e. The Morgan fingerprint density at radius 1 is 0.202 bits per heavy atom. The van der Waals surface area contributed by atoms with Crippen molar-refractivity contribution in [3.8, 4) is 135 Å². The molecule has 16 aromatic rings. The highest BCUT2D eigenvalue weighted by molar-refractivity contribution is 6.03. The molecule has 0 fully saturated rings. The number of hydrogen-bond donors (Lipinski definition) is 4. The summed E-state index contributed by atoms with van der Waals surface area (Å²) in [5, 5.41) is 54.6. The number of aromatic amines is 4. The molecule has 0 saturated heterocycles. The Bertz CT molecular complexity index is 7090. The van der Waals surface area contributed by atoms with E-state index in [4.69, 9.17) is 38.9 Å². The van der Waals surface area contributed by atoms with Crippen molar-refractivity contribution in [2.75, 3.05) is 0 Å². The Balaban J connectivity index is 0.802. The summed E-state index contributed by atoms with van der Waals surface area (Å²) in [6.07, 6.45) is 15.3. The van der Waals surface area contributed by atoms with Gasteiger partial charge in [-0.2, -0.15) is 0 Å². The van der Waals surface area contributed by atoms with Crippen LogP contribution in [0, 0.1) is 40.5 Å². The summed E-state index contributed by atoms with van der Waals surface area (Å²) >= 11 is 0. The van der Waals surface area contributed by atoms with Gasteiger partial charge in [-0.05, 0) is 166 Å². The minimum Gasteiger partial charge on any atom is -0.450 e. The first-order chi connectivity index (χ1) is 60.7. The molecule has 0 spiro atoms. The quantitative estimate of drug-likeness (QED) is 0.0652. The minimum absolute atomic E-state index is 0.220. The molecule has 24 nitrogen and oxygen atoms in total. The predicted molar refractivity (Wildman–Crippen MR) is 481 cm³/mol. The van der Waals surface area contributed by atoms with Crippen LogP contribution in [-0.2, 0) is 0 Å². The molecule has 0 amide bonds. The SMILES string of the molecule is O=[N+]([O-])c1cc([N+](=O)[O-])c2cc1Oc1cc(cc(-c3c4nc(c(-c5ccccc5)c5ccc([nH]5)c(-c5ccccc5)c5nc(c(-c6ccccc6)c6ccc3[nH]6)C=C5)C=C4)c1)Oc1cc(c([N+](=O)[O-])cc1[N+](=O)[O-])Oc1cc(cc(-c3c4nc(c(-c5ccccc5)c5ccc([nH]5)c(-c5ccccc5)c5nc(c(-c6ccccc6)c6ccc3[nH]6)C=C5)C=C4)c1)O2. The zero-order chi connectivity index (χ0) is 83.8. The van der Waals surface area contributed by atoms with Gasteiger partial charge in [-0.1, -0.05) is 182 Å². The van der Waals surface area contributed by atoms with E-state index in [1.807, 2.05) is 279 Å². The number of nitrogens with zero attached hydrogens (tertiary/aromatic N) is 8. The highest BCUT2D eigenvalue weighted by atomic mass is 16.6. The number of H-pyrrole nitrogens is 4. The Kier molecular flexibility index (Phi) is 18.0. The zero-order valence-electron chi connectivity index (χ0n) is 64.8. The number of fused-ring (bicyclic) bond motifs is 24. The lowest BCUT2D eigenvalue weighted by molar-refractivity contribution is -0.395. The Morgan fingerprint density at radius 2 is 0.371 bits per heavy atom. The normalized spacial score (nSPS) is 12.3. The first-order valence-electron chi connectivity index (χ1n) is 39.3. The van der Waals surface area contributed by atoms with Gasteiger partial charge in [0.15, 0.2) is 0 Å². The summed E-state index contributed by atoms with van der Waals surface area (Å²) in [5.41, 5.74) is 16.9. The van der Waals surface area contributed by atoms with Crippen molar-refractivity contribution in [2.24, 2.45) is 0 Å². The fourth-order valence-corrected chi connectivity index (χ4v) is 16.6. The summed E-state index contributed by atoms with van der Waals surface area (Å²) in [6.45, 7) is 0. The summed E-state index contributed by atoms with van der Waals surface area (Å²) in [5.74, 6) is -3.14. The number of benzene rings is 10. The molecule has 5 aliphatic heterocycles. The smallest absolute Gasteiger partial charge is 0.318 e. The van der Waals surface area contributed by atoms with Crippen LogP contribution in [0.5, 0.6) is 46.0 Å². The molecule has 10 aromatic carbocycles. The van der Waals surface area contributed by atoms with Crippen LogP contribution < -0.4 is 18.9 Å². The summed E-state index contributed by atoms with van der Waals surface area (Å²) < 4.78 is 27.0. The molecule has 4 N–H and O–H groups in total. The monoisotopic (exact) mass is 1620 g/mol. The van der Waals surface area contributed by atoms with Gasteiger partial charge in [-0.3, -0.25) is 40.5 Å². The fourth-order valence-electron chi connectivity index (χ4n) is 16.6. The molecule has 592 valence electrons. The van der Waals surface area contributed by atoms with Crippen LogP contribution in [0.15, 0.2) is 291 Å². The second-order valence-corrected chi connectivity index (χ2v) is 29.6. The van der Waals surface area contributed by atoms with Gasteiger partial charge in [-0.15, -0.1) is 0 Å². The van der Waals surface area contributed by atoms with E-state index in [0.717, 1.165) is 89.9 Å². The third kappa shape index (κ3) is 13.5. The Hall–Kier alpha value is -17.8. The van der Waals surface area contributed by atoms with Crippen LogP contribution in [0.3, 0.4) is 0 Å².